The molecule has 1 N–H and O–H groups in total. The number of hydrogen-bond acceptors (Lipinski definition) is 2. The summed E-state index contributed by atoms with van der Waals surface area (Å²) in [5, 5.41) is 2.94. The number of aromatic nitrogens is 2. The molecule has 0 spiro atoms. The number of nitrogens with zero attached hydrogens (tertiary/aromatic N) is 2. The Hall–Kier alpha value is -1.84. The minimum atomic E-state index is 0.0301. The fourth-order valence-corrected chi connectivity index (χ4v) is 1.71. The predicted octanol–water partition coefficient (Wildman–Crippen LogP) is 1.95. The number of fused-ring (bicyclic) bond motifs is 1. The molecule has 90 valence electrons. The van der Waals surface area contributed by atoms with Gasteiger partial charge in [0.2, 0.25) is 5.91 Å². The maximum Gasteiger partial charge on any atom is 0.240 e. The SMILES string of the molecule is CC[C@H](C)NC(=O)Cn1cnc2ccccc21. The van der Waals surface area contributed by atoms with Crippen molar-refractivity contribution in [3.05, 3.63) is 30.6 Å². The monoisotopic (exact) mass is 231 g/mol. The lowest BCUT2D eigenvalue weighted by atomic mass is 10.2. The summed E-state index contributed by atoms with van der Waals surface area (Å²) in [6.45, 7) is 4.38. The highest BCUT2D eigenvalue weighted by atomic mass is 16.2. The Morgan fingerprint density at radius 2 is 2.24 bits per heavy atom. The van der Waals surface area contributed by atoms with Crippen LogP contribution in [0, 0.1) is 0 Å². The first-order valence-corrected chi connectivity index (χ1v) is 5.90. The average Bonchev–Trinajstić information content (AvgIpc) is 2.72. The topological polar surface area (TPSA) is 46.9 Å². The second-order valence-corrected chi connectivity index (χ2v) is 4.24. The maximum absolute atomic E-state index is 11.8. The van der Waals surface area contributed by atoms with Gasteiger partial charge in [0.05, 0.1) is 17.4 Å². The summed E-state index contributed by atoms with van der Waals surface area (Å²) in [4.78, 5) is 16.0. The molecule has 0 aliphatic heterocycles. The minimum absolute atomic E-state index is 0.0301. The Labute approximate surface area is 101 Å². The Morgan fingerprint density at radius 1 is 1.47 bits per heavy atom. The van der Waals surface area contributed by atoms with Crippen LogP contribution in [-0.4, -0.2) is 21.5 Å². The van der Waals surface area contributed by atoms with E-state index in [0.29, 0.717) is 6.54 Å². The number of nitrogens with one attached hydrogen (secondary N) is 1. The number of para-hydroxylation sites is 2. The van der Waals surface area contributed by atoms with Gasteiger partial charge in [-0.1, -0.05) is 19.1 Å². The van der Waals surface area contributed by atoms with Gasteiger partial charge in [0.25, 0.3) is 0 Å². The minimum Gasteiger partial charge on any atom is -0.352 e. The molecule has 0 bridgehead atoms. The van der Waals surface area contributed by atoms with E-state index in [1.54, 1.807) is 6.33 Å². The van der Waals surface area contributed by atoms with Gasteiger partial charge in [0.1, 0.15) is 6.54 Å². The molecule has 0 aliphatic rings. The lowest BCUT2D eigenvalue weighted by Crippen LogP contribution is -2.34. The smallest absolute Gasteiger partial charge is 0.240 e. The van der Waals surface area contributed by atoms with Crippen molar-refractivity contribution in [2.75, 3.05) is 0 Å². The van der Waals surface area contributed by atoms with Gasteiger partial charge >= 0.3 is 0 Å². The highest BCUT2D eigenvalue weighted by molar-refractivity contribution is 5.80. The molecule has 0 aliphatic carbocycles. The number of benzene rings is 1. The van der Waals surface area contributed by atoms with Crippen LogP contribution in [-0.2, 0) is 11.3 Å². The van der Waals surface area contributed by atoms with Crippen LogP contribution >= 0.6 is 0 Å². The summed E-state index contributed by atoms with van der Waals surface area (Å²) >= 11 is 0. The summed E-state index contributed by atoms with van der Waals surface area (Å²) in [5.41, 5.74) is 1.91. The molecule has 4 nitrogen and oxygen atoms in total. The third kappa shape index (κ3) is 2.64. The highest BCUT2D eigenvalue weighted by Crippen LogP contribution is 2.11. The number of carbonyl (C=O) groups is 1. The van der Waals surface area contributed by atoms with Gasteiger partial charge in [-0.05, 0) is 25.5 Å². The highest BCUT2D eigenvalue weighted by Gasteiger charge is 2.08. The molecule has 4 heteroatoms. The van der Waals surface area contributed by atoms with Crippen LogP contribution in [0.2, 0.25) is 0 Å². The predicted molar refractivity (Wildman–Crippen MR) is 67.6 cm³/mol. The first-order chi connectivity index (χ1) is 8.20. The van der Waals surface area contributed by atoms with Crippen LogP contribution in [0.5, 0.6) is 0 Å². The van der Waals surface area contributed by atoms with Crippen LogP contribution in [0.25, 0.3) is 11.0 Å². The third-order valence-corrected chi connectivity index (χ3v) is 2.86. The maximum atomic E-state index is 11.8. The van der Waals surface area contributed by atoms with Crippen LogP contribution in [0.15, 0.2) is 30.6 Å². The van der Waals surface area contributed by atoms with Crippen LogP contribution in [0.1, 0.15) is 20.3 Å². The first-order valence-electron chi connectivity index (χ1n) is 5.90. The molecule has 1 heterocycles. The van der Waals surface area contributed by atoms with Crippen LogP contribution in [0.3, 0.4) is 0 Å². The van der Waals surface area contributed by atoms with E-state index < -0.39 is 0 Å². The molecular formula is C13H17N3O. The van der Waals surface area contributed by atoms with E-state index in [0.717, 1.165) is 17.5 Å². The third-order valence-electron chi connectivity index (χ3n) is 2.86. The zero-order chi connectivity index (χ0) is 12.3. The Morgan fingerprint density at radius 3 is 3.00 bits per heavy atom. The summed E-state index contributed by atoms with van der Waals surface area (Å²) in [6.07, 6.45) is 2.65. The van der Waals surface area contributed by atoms with Gasteiger partial charge in [0.15, 0.2) is 0 Å². The largest absolute Gasteiger partial charge is 0.352 e. The molecule has 1 amide bonds. The van der Waals surface area contributed by atoms with Gasteiger partial charge in [0, 0.05) is 6.04 Å². The second-order valence-electron chi connectivity index (χ2n) is 4.24. The normalized spacial score (nSPS) is 12.6. The molecule has 0 fully saturated rings. The zero-order valence-corrected chi connectivity index (χ0v) is 10.2. The number of imidazole rings is 1. The molecule has 1 aromatic heterocycles. The van der Waals surface area contributed by atoms with Gasteiger partial charge in [-0.25, -0.2) is 4.98 Å². The molecule has 1 atom stereocenters. The van der Waals surface area contributed by atoms with E-state index in [1.807, 2.05) is 35.8 Å². The van der Waals surface area contributed by atoms with Crippen LogP contribution < -0.4 is 5.32 Å². The lowest BCUT2D eigenvalue weighted by Gasteiger charge is -2.11. The molecule has 0 saturated heterocycles. The van der Waals surface area contributed by atoms with Crippen molar-refractivity contribution in [1.82, 2.24) is 14.9 Å². The molecule has 0 saturated carbocycles. The molecule has 17 heavy (non-hydrogen) atoms. The molecule has 0 radical (unpaired) electrons. The molecule has 1 aromatic carbocycles. The van der Waals surface area contributed by atoms with Gasteiger partial charge < -0.3 is 9.88 Å². The first kappa shape index (κ1) is 11.6. The fourth-order valence-electron chi connectivity index (χ4n) is 1.71. The lowest BCUT2D eigenvalue weighted by molar-refractivity contribution is -0.122. The summed E-state index contributed by atoms with van der Waals surface area (Å²) in [7, 11) is 0. The number of amides is 1. The Kier molecular flexibility index (Phi) is 3.42. The zero-order valence-electron chi connectivity index (χ0n) is 10.2. The van der Waals surface area contributed by atoms with Crippen molar-refractivity contribution in [3.8, 4) is 0 Å². The quantitative estimate of drug-likeness (QED) is 0.874. The van der Waals surface area contributed by atoms with E-state index >= 15 is 0 Å². The Bertz CT molecular complexity index is 518. The van der Waals surface area contributed by atoms with Crippen molar-refractivity contribution in [2.45, 2.75) is 32.9 Å². The molecular weight excluding hydrogens is 214 g/mol. The van der Waals surface area contributed by atoms with Gasteiger partial charge in [-0.2, -0.15) is 0 Å². The van der Waals surface area contributed by atoms with Crippen LogP contribution in [0.4, 0.5) is 0 Å². The van der Waals surface area contributed by atoms with Crippen molar-refractivity contribution < 1.29 is 4.79 Å². The van der Waals surface area contributed by atoms with Gasteiger partial charge in [-0.15, -0.1) is 0 Å². The molecule has 2 aromatic rings. The van der Waals surface area contributed by atoms with Crippen molar-refractivity contribution >= 4 is 16.9 Å². The van der Waals surface area contributed by atoms with Crippen molar-refractivity contribution in [3.63, 3.8) is 0 Å². The Balaban J connectivity index is 2.11. The fraction of sp³-hybridized carbons (Fsp3) is 0.385. The average molecular weight is 231 g/mol. The standard InChI is InChI=1S/C13H17N3O/c1-3-10(2)15-13(17)8-16-9-14-11-6-4-5-7-12(11)16/h4-7,9-10H,3,8H2,1-2H3,(H,15,17)/t10-/m0/s1. The molecule has 0 unspecified atom stereocenters. The van der Waals surface area contributed by atoms with Crippen molar-refractivity contribution in [1.29, 1.82) is 0 Å². The van der Waals surface area contributed by atoms with Crippen molar-refractivity contribution in [2.24, 2.45) is 0 Å². The summed E-state index contributed by atoms with van der Waals surface area (Å²) in [5.74, 6) is 0.0301. The summed E-state index contributed by atoms with van der Waals surface area (Å²) in [6, 6.07) is 8.03. The van der Waals surface area contributed by atoms with E-state index in [9.17, 15) is 4.79 Å². The van der Waals surface area contributed by atoms with E-state index in [-0.39, 0.29) is 11.9 Å². The van der Waals surface area contributed by atoms with E-state index in [2.05, 4.69) is 17.2 Å². The second kappa shape index (κ2) is 4.99. The number of hydrogen-bond donors (Lipinski definition) is 1. The van der Waals surface area contributed by atoms with Gasteiger partial charge in [-0.3, -0.25) is 4.79 Å². The number of rotatable bonds is 4. The van der Waals surface area contributed by atoms with E-state index in [4.69, 9.17) is 0 Å². The van der Waals surface area contributed by atoms with E-state index in [1.165, 1.54) is 0 Å². The number of carbonyl (C=O) groups excluding carboxylic acids is 1. The summed E-state index contributed by atoms with van der Waals surface area (Å²) < 4.78 is 1.87. The molecule has 2 rings (SSSR count).